The zero-order valence-corrected chi connectivity index (χ0v) is 21.3. The van der Waals surface area contributed by atoms with Crippen LogP contribution in [0.15, 0.2) is 32.6 Å². The lowest BCUT2D eigenvalue weighted by atomic mass is 10.1. The molecule has 3 aromatic rings. The predicted octanol–water partition coefficient (Wildman–Crippen LogP) is 2.05. The van der Waals surface area contributed by atoms with Crippen LogP contribution >= 0.6 is 0 Å². The van der Waals surface area contributed by atoms with E-state index in [2.05, 4.69) is 17.2 Å². The van der Waals surface area contributed by atoms with Gasteiger partial charge in [-0.25, -0.2) is 9.59 Å². The van der Waals surface area contributed by atoms with Gasteiger partial charge in [0.15, 0.2) is 11.2 Å². The SMILES string of the molecule is CC#CCn1c(N2CCC[C@@H](NC(=O)OC(C)(C)C)C2)nc2c1c(=O)n(Cc1ccoc1)c(=O)n2C. The molecule has 0 radical (unpaired) electrons. The molecule has 1 saturated heterocycles. The Morgan fingerprint density at radius 1 is 1.31 bits per heavy atom. The molecular formula is C25H32N6O5. The van der Waals surface area contributed by atoms with Gasteiger partial charge in [-0.15, -0.1) is 5.92 Å². The maximum absolute atomic E-state index is 13.6. The van der Waals surface area contributed by atoms with Crippen molar-refractivity contribution in [3.63, 3.8) is 0 Å². The molecule has 0 bridgehead atoms. The van der Waals surface area contributed by atoms with E-state index in [4.69, 9.17) is 14.1 Å². The van der Waals surface area contributed by atoms with E-state index < -0.39 is 22.9 Å². The highest BCUT2D eigenvalue weighted by atomic mass is 16.6. The number of hydrogen-bond acceptors (Lipinski definition) is 7. The average molecular weight is 497 g/mol. The number of aryl methyl sites for hydroxylation is 1. The van der Waals surface area contributed by atoms with E-state index in [1.807, 2.05) is 25.7 Å². The van der Waals surface area contributed by atoms with Gasteiger partial charge in [-0.1, -0.05) is 5.92 Å². The van der Waals surface area contributed by atoms with Crippen molar-refractivity contribution in [2.24, 2.45) is 7.05 Å². The summed E-state index contributed by atoms with van der Waals surface area (Å²) in [4.78, 5) is 45.7. The van der Waals surface area contributed by atoms with Crippen LogP contribution in [0.4, 0.5) is 10.7 Å². The summed E-state index contributed by atoms with van der Waals surface area (Å²) >= 11 is 0. The molecule has 11 nitrogen and oxygen atoms in total. The van der Waals surface area contributed by atoms with Crippen LogP contribution < -0.4 is 21.5 Å². The minimum atomic E-state index is -0.591. The fourth-order valence-corrected chi connectivity index (χ4v) is 4.36. The van der Waals surface area contributed by atoms with E-state index in [0.717, 1.165) is 12.8 Å². The Hall–Kier alpha value is -3.94. The summed E-state index contributed by atoms with van der Waals surface area (Å²) in [5.74, 6) is 6.44. The van der Waals surface area contributed by atoms with Crippen LogP contribution in [0.25, 0.3) is 11.2 Å². The smallest absolute Gasteiger partial charge is 0.407 e. The number of anilines is 1. The summed E-state index contributed by atoms with van der Waals surface area (Å²) in [5.41, 5.74) is -0.183. The van der Waals surface area contributed by atoms with E-state index in [1.54, 1.807) is 24.6 Å². The number of rotatable bonds is 5. The molecule has 36 heavy (non-hydrogen) atoms. The third-order valence-electron chi connectivity index (χ3n) is 5.97. The number of carbonyl (C=O) groups excluding carboxylic acids is 1. The molecule has 0 unspecified atom stereocenters. The van der Waals surface area contributed by atoms with E-state index in [9.17, 15) is 14.4 Å². The first kappa shape index (κ1) is 25.2. The number of imidazole rings is 1. The number of furan rings is 1. The Balaban J connectivity index is 1.74. The molecule has 4 heterocycles. The molecule has 1 amide bonds. The third kappa shape index (κ3) is 5.17. The molecule has 1 aliphatic rings. The number of carbonyl (C=O) groups is 1. The Morgan fingerprint density at radius 2 is 2.08 bits per heavy atom. The monoisotopic (exact) mass is 496 g/mol. The zero-order valence-electron chi connectivity index (χ0n) is 21.3. The van der Waals surface area contributed by atoms with E-state index in [0.29, 0.717) is 35.8 Å². The fourth-order valence-electron chi connectivity index (χ4n) is 4.36. The summed E-state index contributed by atoms with van der Waals surface area (Å²) in [7, 11) is 1.60. The summed E-state index contributed by atoms with van der Waals surface area (Å²) < 4.78 is 14.8. The van der Waals surface area contributed by atoms with Crippen LogP contribution in [-0.4, -0.2) is 49.5 Å². The van der Waals surface area contributed by atoms with Crippen molar-refractivity contribution in [3.8, 4) is 11.8 Å². The summed E-state index contributed by atoms with van der Waals surface area (Å²) in [5, 5.41) is 2.94. The van der Waals surface area contributed by atoms with Crippen molar-refractivity contribution >= 4 is 23.2 Å². The van der Waals surface area contributed by atoms with Crippen LogP contribution in [-0.2, 0) is 24.9 Å². The number of hydrogen-bond donors (Lipinski definition) is 1. The minimum absolute atomic E-state index is 0.0868. The largest absolute Gasteiger partial charge is 0.472 e. The molecular weight excluding hydrogens is 464 g/mol. The van der Waals surface area contributed by atoms with E-state index in [-0.39, 0.29) is 19.1 Å². The zero-order chi connectivity index (χ0) is 26.0. The second-order valence-electron chi connectivity index (χ2n) is 9.89. The van der Waals surface area contributed by atoms with Crippen molar-refractivity contribution in [2.45, 2.75) is 65.3 Å². The lowest BCUT2D eigenvalue weighted by Gasteiger charge is -2.34. The Kier molecular flexibility index (Phi) is 6.97. The van der Waals surface area contributed by atoms with Gasteiger partial charge >= 0.3 is 11.8 Å². The number of piperidine rings is 1. The lowest BCUT2D eigenvalue weighted by Crippen LogP contribution is -2.49. The molecule has 1 N–H and O–H groups in total. The second kappa shape index (κ2) is 9.97. The topological polar surface area (TPSA) is 117 Å². The highest BCUT2D eigenvalue weighted by Crippen LogP contribution is 2.23. The van der Waals surface area contributed by atoms with Gasteiger partial charge in [0.25, 0.3) is 5.56 Å². The maximum atomic E-state index is 13.6. The van der Waals surface area contributed by atoms with Crippen molar-refractivity contribution < 1.29 is 13.9 Å². The Bertz CT molecular complexity index is 1430. The molecule has 1 atom stereocenters. The molecule has 0 aliphatic carbocycles. The number of ether oxygens (including phenoxy) is 1. The molecule has 3 aromatic heterocycles. The Labute approximate surface area is 208 Å². The van der Waals surface area contributed by atoms with Crippen molar-refractivity contribution in [2.75, 3.05) is 18.0 Å². The normalized spacial score (nSPS) is 16.0. The number of nitrogens with one attached hydrogen (secondary N) is 1. The van der Waals surface area contributed by atoms with Crippen LogP contribution in [0, 0.1) is 11.8 Å². The number of fused-ring (bicyclic) bond motifs is 1. The number of amides is 1. The molecule has 4 rings (SSSR count). The summed E-state index contributed by atoms with van der Waals surface area (Å²) in [6.07, 6.45) is 4.14. The van der Waals surface area contributed by atoms with Gasteiger partial charge in [0.1, 0.15) is 5.60 Å². The molecule has 11 heteroatoms. The van der Waals surface area contributed by atoms with E-state index >= 15 is 0 Å². The maximum Gasteiger partial charge on any atom is 0.407 e. The number of aromatic nitrogens is 4. The van der Waals surface area contributed by atoms with Gasteiger partial charge in [-0.05, 0) is 46.6 Å². The highest BCUT2D eigenvalue weighted by molar-refractivity contribution is 5.75. The predicted molar refractivity (Wildman–Crippen MR) is 135 cm³/mol. The van der Waals surface area contributed by atoms with Gasteiger partial charge in [0.05, 0.1) is 25.6 Å². The fraction of sp³-hybridized carbons (Fsp3) is 0.520. The Morgan fingerprint density at radius 3 is 2.75 bits per heavy atom. The summed E-state index contributed by atoms with van der Waals surface area (Å²) in [6.45, 7) is 8.69. The van der Waals surface area contributed by atoms with Crippen molar-refractivity contribution in [3.05, 3.63) is 45.0 Å². The van der Waals surface area contributed by atoms with Crippen LogP contribution in [0.5, 0.6) is 0 Å². The summed E-state index contributed by atoms with van der Waals surface area (Å²) in [6, 6.07) is 1.56. The molecule has 0 spiro atoms. The quantitative estimate of drug-likeness (QED) is 0.538. The van der Waals surface area contributed by atoms with Gasteiger partial charge in [-0.3, -0.25) is 18.5 Å². The minimum Gasteiger partial charge on any atom is -0.472 e. The van der Waals surface area contributed by atoms with Crippen molar-refractivity contribution in [1.29, 1.82) is 0 Å². The first-order chi connectivity index (χ1) is 17.1. The molecule has 192 valence electrons. The van der Waals surface area contributed by atoms with Crippen LogP contribution in [0.3, 0.4) is 0 Å². The molecule has 1 aliphatic heterocycles. The first-order valence-corrected chi connectivity index (χ1v) is 11.9. The van der Waals surface area contributed by atoms with Gasteiger partial charge in [0.2, 0.25) is 5.95 Å². The van der Waals surface area contributed by atoms with Gasteiger partial charge < -0.3 is 19.4 Å². The lowest BCUT2D eigenvalue weighted by molar-refractivity contribution is 0.0499. The van der Waals surface area contributed by atoms with Crippen LogP contribution in [0.1, 0.15) is 46.1 Å². The standard InChI is InChI=1S/C25H32N6O5/c1-6-7-12-30-19-20(28(5)24(34)31(21(19)32)14-17-10-13-35-16-17)27-22(30)29-11-8-9-18(15-29)26-23(33)36-25(2,3)4/h10,13,16,18H,8-9,11-12,14-15H2,1-5H3,(H,26,33)/t18-/m1/s1. The van der Waals surface area contributed by atoms with E-state index in [1.165, 1.54) is 21.7 Å². The molecule has 0 saturated carbocycles. The van der Waals surface area contributed by atoms with Crippen LogP contribution in [0.2, 0.25) is 0 Å². The molecule has 0 aromatic carbocycles. The highest BCUT2D eigenvalue weighted by Gasteiger charge is 2.29. The number of alkyl carbamates (subject to hydrolysis) is 1. The van der Waals surface area contributed by atoms with Gasteiger partial charge in [0, 0.05) is 31.7 Å². The van der Waals surface area contributed by atoms with Gasteiger partial charge in [-0.2, -0.15) is 4.98 Å². The number of nitrogens with zero attached hydrogens (tertiary/aromatic N) is 5. The average Bonchev–Trinajstić information content (AvgIpc) is 3.46. The first-order valence-electron chi connectivity index (χ1n) is 11.9. The third-order valence-corrected chi connectivity index (χ3v) is 5.97. The second-order valence-corrected chi connectivity index (χ2v) is 9.89. The molecule has 1 fully saturated rings. The van der Waals surface area contributed by atoms with Crippen molar-refractivity contribution in [1.82, 2.24) is 24.0 Å².